The number of nitrogens with zero attached hydrogens (tertiary/aromatic N) is 2. The normalized spacial score (nSPS) is 11.2. The van der Waals surface area contributed by atoms with Gasteiger partial charge in [0.05, 0.1) is 5.56 Å². The quantitative estimate of drug-likeness (QED) is 0.857. The van der Waals surface area contributed by atoms with Crippen molar-refractivity contribution in [1.29, 1.82) is 0 Å². The second-order valence-corrected chi connectivity index (χ2v) is 4.06. The molecule has 0 fully saturated rings. The zero-order valence-corrected chi connectivity index (χ0v) is 9.10. The number of aromatic nitrogens is 2. The van der Waals surface area contributed by atoms with E-state index < -0.39 is 5.97 Å². The summed E-state index contributed by atoms with van der Waals surface area (Å²) >= 11 is 0. The first-order valence-corrected chi connectivity index (χ1v) is 5.05. The van der Waals surface area contributed by atoms with Gasteiger partial charge >= 0.3 is 5.97 Å². The highest BCUT2D eigenvalue weighted by Crippen LogP contribution is 2.17. The molecule has 0 atom stereocenters. The molecule has 0 aliphatic heterocycles. The Morgan fingerprint density at radius 3 is 2.94 bits per heavy atom. The van der Waals surface area contributed by atoms with Crippen molar-refractivity contribution >= 4 is 17.2 Å². The highest BCUT2D eigenvalue weighted by molar-refractivity contribution is 5.90. The number of rotatable bonds is 3. The summed E-state index contributed by atoms with van der Waals surface area (Å²) < 4.78 is 5.43. The molecule has 5 heteroatoms. The van der Waals surface area contributed by atoms with Crippen LogP contribution in [0.5, 0.6) is 0 Å². The summed E-state index contributed by atoms with van der Waals surface area (Å²) in [5, 5.41) is 8.79. The average molecular weight is 220 g/mol. The first-order valence-electron chi connectivity index (χ1n) is 5.05. The lowest BCUT2D eigenvalue weighted by Gasteiger charge is -1.96. The summed E-state index contributed by atoms with van der Waals surface area (Å²) in [5.74, 6) is 0.0169. The van der Waals surface area contributed by atoms with Crippen LogP contribution >= 0.6 is 0 Å². The first kappa shape index (κ1) is 10.6. The van der Waals surface area contributed by atoms with Crippen LogP contribution in [0.25, 0.3) is 11.2 Å². The molecule has 2 aromatic heterocycles. The molecule has 2 rings (SSSR count). The predicted molar refractivity (Wildman–Crippen MR) is 57.3 cm³/mol. The van der Waals surface area contributed by atoms with E-state index >= 15 is 0 Å². The van der Waals surface area contributed by atoms with Crippen molar-refractivity contribution in [3.63, 3.8) is 0 Å². The number of carbonyl (C=O) groups is 1. The number of pyridine rings is 1. The molecule has 0 amide bonds. The SMILES string of the molecule is CC(C)Cc1nc2ncc(C(=O)O)cc2o1. The molecule has 0 saturated heterocycles. The van der Waals surface area contributed by atoms with Gasteiger partial charge in [-0.15, -0.1) is 0 Å². The zero-order chi connectivity index (χ0) is 11.7. The average Bonchev–Trinajstić information content (AvgIpc) is 2.56. The Balaban J connectivity index is 2.42. The topological polar surface area (TPSA) is 76.2 Å². The molecule has 16 heavy (non-hydrogen) atoms. The molecular formula is C11H12N2O3. The fraction of sp³-hybridized carbons (Fsp3) is 0.364. The Hall–Kier alpha value is -1.91. The highest BCUT2D eigenvalue weighted by Gasteiger charge is 2.11. The van der Waals surface area contributed by atoms with Gasteiger partial charge < -0.3 is 9.52 Å². The van der Waals surface area contributed by atoms with E-state index in [1.54, 1.807) is 0 Å². The maximum Gasteiger partial charge on any atom is 0.337 e. The van der Waals surface area contributed by atoms with Crippen molar-refractivity contribution in [3.8, 4) is 0 Å². The van der Waals surface area contributed by atoms with E-state index in [1.807, 2.05) is 0 Å². The molecule has 0 spiro atoms. The molecule has 0 unspecified atom stereocenters. The van der Waals surface area contributed by atoms with Crippen LogP contribution < -0.4 is 0 Å². The summed E-state index contributed by atoms with van der Waals surface area (Å²) in [6, 6.07) is 1.45. The minimum atomic E-state index is -1.02. The fourth-order valence-corrected chi connectivity index (χ4v) is 1.42. The van der Waals surface area contributed by atoms with E-state index in [1.165, 1.54) is 12.3 Å². The number of fused-ring (bicyclic) bond motifs is 1. The highest BCUT2D eigenvalue weighted by atomic mass is 16.4. The van der Waals surface area contributed by atoms with E-state index in [2.05, 4.69) is 23.8 Å². The number of hydrogen-bond acceptors (Lipinski definition) is 4. The van der Waals surface area contributed by atoms with Crippen LogP contribution in [0.15, 0.2) is 16.7 Å². The van der Waals surface area contributed by atoms with Crippen molar-refractivity contribution in [2.45, 2.75) is 20.3 Å². The zero-order valence-electron chi connectivity index (χ0n) is 9.10. The number of carboxylic acids is 1. The van der Waals surface area contributed by atoms with Gasteiger partial charge in [-0.05, 0) is 5.92 Å². The predicted octanol–water partition coefficient (Wildman–Crippen LogP) is 2.12. The van der Waals surface area contributed by atoms with Crippen molar-refractivity contribution in [2.24, 2.45) is 5.92 Å². The molecule has 0 saturated carbocycles. The molecule has 1 N–H and O–H groups in total. The third kappa shape index (κ3) is 2.03. The van der Waals surface area contributed by atoms with Crippen LogP contribution in [0.4, 0.5) is 0 Å². The summed E-state index contributed by atoms with van der Waals surface area (Å²) in [6.45, 7) is 4.12. The van der Waals surface area contributed by atoms with Gasteiger partial charge in [-0.2, -0.15) is 4.98 Å². The van der Waals surface area contributed by atoms with Gasteiger partial charge in [-0.3, -0.25) is 0 Å². The molecule has 2 heterocycles. The van der Waals surface area contributed by atoms with Crippen LogP contribution in [0.2, 0.25) is 0 Å². The Kier molecular flexibility index (Phi) is 2.60. The maximum absolute atomic E-state index is 10.7. The van der Waals surface area contributed by atoms with Gasteiger partial charge in [0.1, 0.15) is 0 Å². The number of carboxylic acid groups (broad SMARTS) is 1. The van der Waals surface area contributed by atoms with E-state index in [0.29, 0.717) is 23.0 Å². The Morgan fingerprint density at radius 2 is 2.31 bits per heavy atom. The van der Waals surface area contributed by atoms with Gasteiger partial charge in [0.15, 0.2) is 17.1 Å². The lowest BCUT2D eigenvalue weighted by Crippen LogP contribution is -1.96. The minimum Gasteiger partial charge on any atom is -0.478 e. The van der Waals surface area contributed by atoms with Gasteiger partial charge in [0.2, 0.25) is 0 Å². The van der Waals surface area contributed by atoms with E-state index in [4.69, 9.17) is 9.52 Å². The van der Waals surface area contributed by atoms with E-state index in [0.717, 1.165) is 6.42 Å². The maximum atomic E-state index is 10.7. The Bertz CT molecular complexity index is 531. The molecule has 0 aliphatic carbocycles. The van der Waals surface area contributed by atoms with Crippen LogP contribution in [0, 0.1) is 5.92 Å². The second-order valence-electron chi connectivity index (χ2n) is 4.06. The number of oxazole rings is 1. The molecule has 0 aliphatic rings. The van der Waals surface area contributed by atoms with Gasteiger partial charge in [-0.1, -0.05) is 13.8 Å². The van der Waals surface area contributed by atoms with Crippen molar-refractivity contribution in [2.75, 3.05) is 0 Å². The molecule has 0 radical (unpaired) electrons. The van der Waals surface area contributed by atoms with Crippen LogP contribution in [-0.4, -0.2) is 21.0 Å². The minimum absolute atomic E-state index is 0.111. The molecule has 2 aromatic rings. The van der Waals surface area contributed by atoms with Crippen molar-refractivity contribution in [1.82, 2.24) is 9.97 Å². The molecular weight excluding hydrogens is 208 g/mol. The smallest absolute Gasteiger partial charge is 0.337 e. The standard InChI is InChI=1S/C11H12N2O3/c1-6(2)3-9-13-10-8(16-9)4-7(5-12-10)11(14)15/h4-6H,3H2,1-2H3,(H,14,15). The van der Waals surface area contributed by atoms with Gasteiger partial charge in [0.25, 0.3) is 0 Å². The van der Waals surface area contributed by atoms with E-state index in [9.17, 15) is 4.79 Å². The first-order chi connectivity index (χ1) is 7.56. The van der Waals surface area contributed by atoms with Gasteiger partial charge in [-0.25, -0.2) is 9.78 Å². The number of aromatic carboxylic acids is 1. The Labute approximate surface area is 92.1 Å². The lowest BCUT2D eigenvalue weighted by atomic mass is 10.1. The van der Waals surface area contributed by atoms with Crippen LogP contribution in [-0.2, 0) is 6.42 Å². The van der Waals surface area contributed by atoms with Crippen molar-refractivity contribution in [3.05, 3.63) is 23.7 Å². The van der Waals surface area contributed by atoms with Gasteiger partial charge in [0, 0.05) is 18.7 Å². The Morgan fingerprint density at radius 1 is 1.56 bits per heavy atom. The molecule has 5 nitrogen and oxygen atoms in total. The van der Waals surface area contributed by atoms with E-state index in [-0.39, 0.29) is 5.56 Å². The lowest BCUT2D eigenvalue weighted by molar-refractivity contribution is 0.0696. The summed E-state index contributed by atoms with van der Waals surface area (Å²) in [4.78, 5) is 18.9. The summed E-state index contributed by atoms with van der Waals surface area (Å²) in [7, 11) is 0. The third-order valence-corrected chi connectivity index (χ3v) is 2.12. The van der Waals surface area contributed by atoms with Crippen LogP contribution in [0.3, 0.4) is 0 Å². The number of hydrogen-bond donors (Lipinski definition) is 1. The summed E-state index contributed by atoms with van der Waals surface area (Å²) in [5.41, 5.74) is 0.996. The molecule has 0 aromatic carbocycles. The second kappa shape index (κ2) is 3.92. The summed E-state index contributed by atoms with van der Waals surface area (Å²) in [6.07, 6.45) is 2.01. The monoisotopic (exact) mass is 220 g/mol. The largest absolute Gasteiger partial charge is 0.478 e. The third-order valence-electron chi connectivity index (χ3n) is 2.12. The molecule has 0 bridgehead atoms. The van der Waals surface area contributed by atoms with Crippen LogP contribution in [0.1, 0.15) is 30.1 Å². The fourth-order valence-electron chi connectivity index (χ4n) is 1.42. The molecule has 84 valence electrons. The van der Waals surface area contributed by atoms with Crippen molar-refractivity contribution < 1.29 is 14.3 Å².